The second kappa shape index (κ2) is 7.88. The Morgan fingerprint density at radius 2 is 1.95 bits per heavy atom. The van der Waals surface area contributed by atoms with Gasteiger partial charge < -0.3 is 22.1 Å². The fraction of sp³-hybridized carbons (Fsp3) is 0.357. The van der Waals surface area contributed by atoms with E-state index in [0.717, 1.165) is 0 Å². The van der Waals surface area contributed by atoms with E-state index in [1.165, 1.54) is 0 Å². The number of aliphatic imine (C=N–C) groups is 1. The van der Waals surface area contributed by atoms with E-state index in [9.17, 15) is 9.59 Å². The average molecular weight is 291 g/mol. The summed E-state index contributed by atoms with van der Waals surface area (Å²) in [5, 5.41) is 5.26. The molecule has 0 heterocycles. The van der Waals surface area contributed by atoms with E-state index >= 15 is 0 Å². The van der Waals surface area contributed by atoms with Gasteiger partial charge in [-0.1, -0.05) is 19.9 Å². The summed E-state index contributed by atoms with van der Waals surface area (Å²) in [7, 11) is 0. The van der Waals surface area contributed by atoms with E-state index in [2.05, 4.69) is 15.6 Å². The highest BCUT2D eigenvalue weighted by Crippen LogP contribution is 2.13. The predicted molar refractivity (Wildman–Crippen MR) is 82.1 cm³/mol. The normalized spacial score (nSPS) is 10.0. The lowest BCUT2D eigenvalue weighted by atomic mass is 10.2. The summed E-state index contributed by atoms with van der Waals surface area (Å²) < 4.78 is 0. The van der Waals surface area contributed by atoms with Gasteiger partial charge in [0.05, 0.1) is 12.2 Å². The smallest absolute Gasteiger partial charge is 0.251 e. The minimum Gasteiger partial charge on any atom is -0.370 e. The summed E-state index contributed by atoms with van der Waals surface area (Å²) >= 11 is 0. The van der Waals surface area contributed by atoms with E-state index in [4.69, 9.17) is 11.5 Å². The SMILES string of the molecule is CC(C)CNC(=O)CNC(=O)c1cccc(N=C(N)N)c1. The first-order valence-electron chi connectivity index (χ1n) is 6.63. The summed E-state index contributed by atoms with van der Waals surface area (Å²) in [6.45, 7) is 4.49. The first-order chi connectivity index (χ1) is 9.88. The highest BCUT2D eigenvalue weighted by atomic mass is 16.2. The molecule has 0 saturated heterocycles. The number of hydrogen-bond acceptors (Lipinski definition) is 3. The number of nitrogens with one attached hydrogen (secondary N) is 2. The van der Waals surface area contributed by atoms with Gasteiger partial charge in [-0.15, -0.1) is 0 Å². The van der Waals surface area contributed by atoms with Crippen molar-refractivity contribution in [2.24, 2.45) is 22.4 Å². The van der Waals surface area contributed by atoms with Gasteiger partial charge >= 0.3 is 0 Å². The molecule has 0 spiro atoms. The molecule has 7 nitrogen and oxygen atoms in total. The molecule has 7 heteroatoms. The minimum absolute atomic E-state index is 0.0714. The third kappa shape index (κ3) is 6.42. The summed E-state index contributed by atoms with van der Waals surface area (Å²) in [5.74, 6) is -0.304. The van der Waals surface area contributed by atoms with Crippen LogP contribution >= 0.6 is 0 Å². The lowest BCUT2D eigenvalue weighted by Crippen LogP contribution is -2.38. The zero-order valence-electron chi connectivity index (χ0n) is 12.2. The van der Waals surface area contributed by atoms with Crippen molar-refractivity contribution in [3.63, 3.8) is 0 Å². The number of nitrogens with two attached hydrogens (primary N) is 2. The second-order valence-corrected chi connectivity index (χ2v) is 4.97. The molecule has 0 aliphatic rings. The van der Waals surface area contributed by atoms with Crippen LogP contribution in [0, 0.1) is 5.92 Å². The Hall–Kier alpha value is -2.57. The van der Waals surface area contributed by atoms with Crippen molar-refractivity contribution in [1.82, 2.24) is 10.6 Å². The van der Waals surface area contributed by atoms with Crippen LogP contribution in [0.15, 0.2) is 29.3 Å². The van der Waals surface area contributed by atoms with Crippen molar-refractivity contribution in [3.8, 4) is 0 Å². The van der Waals surface area contributed by atoms with Crippen molar-refractivity contribution in [1.29, 1.82) is 0 Å². The van der Waals surface area contributed by atoms with Crippen LogP contribution in [-0.2, 0) is 4.79 Å². The zero-order valence-corrected chi connectivity index (χ0v) is 12.2. The van der Waals surface area contributed by atoms with Crippen LogP contribution in [0.25, 0.3) is 0 Å². The Morgan fingerprint density at radius 1 is 1.24 bits per heavy atom. The predicted octanol–water partition coefficient (Wildman–Crippen LogP) is 0.0935. The molecule has 0 unspecified atom stereocenters. The topological polar surface area (TPSA) is 123 Å². The van der Waals surface area contributed by atoms with Gasteiger partial charge in [0.15, 0.2) is 5.96 Å². The lowest BCUT2D eigenvalue weighted by Gasteiger charge is -2.09. The van der Waals surface area contributed by atoms with Gasteiger partial charge in [-0.05, 0) is 24.1 Å². The van der Waals surface area contributed by atoms with Gasteiger partial charge in [-0.2, -0.15) is 0 Å². The fourth-order valence-corrected chi connectivity index (χ4v) is 1.51. The Bertz CT molecular complexity index is 536. The highest BCUT2D eigenvalue weighted by Gasteiger charge is 2.08. The van der Waals surface area contributed by atoms with Crippen LogP contribution in [0.1, 0.15) is 24.2 Å². The highest BCUT2D eigenvalue weighted by molar-refractivity contribution is 5.97. The molecule has 0 radical (unpaired) electrons. The number of carbonyl (C=O) groups excluding carboxylic acids is 2. The first kappa shape index (κ1) is 16.5. The fourth-order valence-electron chi connectivity index (χ4n) is 1.51. The molecule has 0 aliphatic heterocycles. The third-order valence-electron chi connectivity index (χ3n) is 2.48. The first-order valence-corrected chi connectivity index (χ1v) is 6.63. The van der Waals surface area contributed by atoms with Gasteiger partial charge in [-0.25, -0.2) is 4.99 Å². The summed E-state index contributed by atoms with van der Waals surface area (Å²) in [5.41, 5.74) is 11.4. The monoisotopic (exact) mass is 291 g/mol. The Labute approximate surface area is 123 Å². The van der Waals surface area contributed by atoms with Gasteiger partial charge in [0.25, 0.3) is 5.91 Å². The molecule has 0 saturated carbocycles. The third-order valence-corrected chi connectivity index (χ3v) is 2.48. The number of hydrogen-bond donors (Lipinski definition) is 4. The average Bonchev–Trinajstić information content (AvgIpc) is 2.42. The molecular weight excluding hydrogens is 270 g/mol. The summed E-state index contributed by atoms with van der Waals surface area (Å²) in [6, 6.07) is 6.50. The van der Waals surface area contributed by atoms with E-state index in [-0.39, 0.29) is 24.3 Å². The Morgan fingerprint density at radius 3 is 2.57 bits per heavy atom. The van der Waals surface area contributed by atoms with E-state index in [1.54, 1.807) is 24.3 Å². The van der Waals surface area contributed by atoms with Crippen LogP contribution in [0.4, 0.5) is 5.69 Å². The molecule has 0 aromatic heterocycles. The number of guanidine groups is 1. The molecule has 0 aliphatic carbocycles. The van der Waals surface area contributed by atoms with Crippen LogP contribution in [0.2, 0.25) is 0 Å². The van der Waals surface area contributed by atoms with Crippen LogP contribution in [-0.4, -0.2) is 30.9 Å². The van der Waals surface area contributed by atoms with E-state index in [0.29, 0.717) is 23.7 Å². The van der Waals surface area contributed by atoms with Crippen molar-refractivity contribution in [2.75, 3.05) is 13.1 Å². The van der Waals surface area contributed by atoms with Crippen molar-refractivity contribution < 1.29 is 9.59 Å². The van der Waals surface area contributed by atoms with Crippen molar-refractivity contribution >= 4 is 23.5 Å². The van der Waals surface area contributed by atoms with Crippen molar-refractivity contribution in [2.45, 2.75) is 13.8 Å². The molecule has 0 bridgehead atoms. The number of benzene rings is 1. The molecule has 1 aromatic rings. The molecule has 0 fully saturated rings. The second-order valence-electron chi connectivity index (χ2n) is 4.97. The molecular formula is C14H21N5O2. The number of amides is 2. The van der Waals surface area contributed by atoms with Crippen molar-refractivity contribution in [3.05, 3.63) is 29.8 Å². The van der Waals surface area contributed by atoms with Gasteiger partial charge in [0, 0.05) is 12.1 Å². The lowest BCUT2D eigenvalue weighted by molar-refractivity contribution is -0.120. The largest absolute Gasteiger partial charge is 0.370 e. The Balaban J connectivity index is 2.56. The van der Waals surface area contributed by atoms with Crippen LogP contribution < -0.4 is 22.1 Å². The van der Waals surface area contributed by atoms with Crippen LogP contribution in [0.3, 0.4) is 0 Å². The maximum absolute atomic E-state index is 11.9. The van der Waals surface area contributed by atoms with Gasteiger partial charge in [-0.3, -0.25) is 9.59 Å². The molecule has 2 amide bonds. The van der Waals surface area contributed by atoms with Gasteiger partial charge in [0.2, 0.25) is 5.91 Å². The molecule has 6 N–H and O–H groups in total. The summed E-state index contributed by atoms with van der Waals surface area (Å²) in [6.07, 6.45) is 0. The maximum atomic E-state index is 11.9. The van der Waals surface area contributed by atoms with Crippen LogP contribution in [0.5, 0.6) is 0 Å². The van der Waals surface area contributed by atoms with Gasteiger partial charge in [0.1, 0.15) is 0 Å². The minimum atomic E-state index is -0.359. The zero-order chi connectivity index (χ0) is 15.8. The molecule has 114 valence electrons. The quantitative estimate of drug-likeness (QED) is 0.438. The molecule has 1 aromatic carbocycles. The number of rotatable bonds is 6. The van der Waals surface area contributed by atoms with E-state index in [1.807, 2.05) is 13.8 Å². The molecule has 1 rings (SSSR count). The standard InChI is InChI=1S/C14H21N5O2/c1-9(2)7-17-12(20)8-18-13(21)10-4-3-5-11(6-10)19-14(15)16/h3-6,9H,7-8H2,1-2H3,(H,17,20)(H,18,21)(H4,15,16,19). The van der Waals surface area contributed by atoms with E-state index < -0.39 is 0 Å². The molecule has 21 heavy (non-hydrogen) atoms. The number of carbonyl (C=O) groups is 2. The number of nitrogens with zero attached hydrogens (tertiary/aromatic N) is 1. The Kier molecular flexibility index (Phi) is 6.19. The molecule has 0 atom stereocenters. The summed E-state index contributed by atoms with van der Waals surface area (Å²) in [4.78, 5) is 27.3. The maximum Gasteiger partial charge on any atom is 0.251 e.